The van der Waals surface area contributed by atoms with Crippen LogP contribution in [0, 0.1) is 5.82 Å². The van der Waals surface area contributed by atoms with Crippen molar-refractivity contribution < 1.29 is 17.4 Å². The molecule has 0 aliphatic rings. The largest absolute Gasteiger partial charge is 0.360 e. The smallest absolute Gasteiger partial charge is 0.261 e. The number of aromatic nitrogens is 2. The van der Waals surface area contributed by atoms with Crippen molar-refractivity contribution >= 4 is 33.2 Å². The van der Waals surface area contributed by atoms with E-state index in [1.807, 2.05) is 30.5 Å². The minimum Gasteiger partial charge on any atom is -0.360 e. The van der Waals surface area contributed by atoms with Gasteiger partial charge in [-0.3, -0.25) is 9.54 Å². The minimum absolute atomic E-state index is 0.228. The molecule has 2 N–H and O–H groups in total. The van der Waals surface area contributed by atoms with Gasteiger partial charge in [-0.2, -0.15) is 8.42 Å². The lowest BCUT2D eigenvalue weighted by atomic mass is 10.1. The van der Waals surface area contributed by atoms with Gasteiger partial charge in [0.15, 0.2) is 0 Å². The number of rotatable bonds is 2. The Hall–Kier alpha value is -2.51. The lowest BCUT2D eigenvalue weighted by Gasteiger charge is -1.93. The number of H-pyrrole nitrogens is 1. The fourth-order valence-corrected chi connectivity index (χ4v) is 1.92. The Morgan fingerprint density at radius 1 is 1.17 bits per heavy atom. The van der Waals surface area contributed by atoms with Gasteiger partial charge in [-0.1, -0.05) is 12.2 Å². The van der Waals surface area contributed by atoms with Crippen molar-refractivity contribution in [2.24, 2.45) is 0 Å². The van der Waals surface area contributed by atoms with E-state index in [0.717, 1.165) is 22.0 Å². The van der Waals surface area contributed by atoms with Gasteiger partial charge in [0, 0.05) is 29.5 Å². The van der Waals surface area contributed by atoms with Crippen LogP contribution in [0.3, 0.4) is 0 Å². The molecular weight excluding hydrogens is 319 g/mol. The second kappa shape index (κ2) is 7.17. The lowest BCUT2D eigenvalue weighted by molar-refractivity contribution is 0.490. The molecule has 23 heavy (non-hydrogen) atoms. The van der Waals surface area contributed by atoms with Crippen molar-refractivity contribution in [3.8, 4) is 0 Å². The quantitative estimate of drug-likeness (QED) is 0.704. The number of nitrogens with zero attached hydrogens (tertiary/aromatic N) is 1. The molecule has 0 spiro atoms. The van der Waals surface area contributed by atoms with Gasteiger partial charge in [0.2, 0.25) is 0 Å². The standard InChI is InChI=1S/C15H11FN2.CH4O3S/c16-13-3-4-14-12(10-18-15(14)9-13)2-1-11-5-7-17-8-6-11;1-5(2,3)4/h1-10,18H;1H3,(H,2,3,4)/b2-1+;. The third kappa shape index (κ3) is 5.65. The molecule has 3 rings (SSSR count). The Labute approximate surface area is 133 Å². The molecule has 0 aliphatic carbocycles. The number of pyridine rings is 1. The maximum absolute atomic E-state index is 13.1. The molecule has 0 unspecified atom stereocenters. The van der Waals surface area contributed by atoms with Gasteiger partial charge in [-0.15, -0.1) is 0 Å². The third-order valence-electron chi connectivity index (χ3n) is 2.84. The highest BCUT2D eigenvalue weighted by atomic mass is 32.2. The molecule has 0 radical (unpaired) electrons. The number of aromatic amines is 1. The average Bonchev–Trinajstić information content (AvgIpc) is 2.86. The lowest BCUT2D eigenvalue weighted by Crippen LogP contribution is -1.88. The first-order valence-corrected chi connectivity index (χ1v) is 8.45. The predicted octanol–water partition coefficient (Wildman–Crippen LogP) is 3.38. The molecule has 0 saturated carbocycles. The van der Waals surface area contributed by atoms with E-state index in [-0.39, 0.29) is 5.82 Å². The summed E-state index contributed by atoms with van der Waals surface area (Å²) in [6.45, 7) is 0. The molecule has 7 heteroatoms. The van der Waals surface area contributed by atoms with Crippen molar-refractivity contribution in [1.29, 1.82) is 0 Å². The van der Waals surface area contributed by atoms with E-state index in [9.17, 15) is 12.8 Å². The summed E-state index contributed by atoms with van der Waals surface area (Å²) in [4.78, 5) is 7.03. The number of halogens is 1. The fourth-order valence-electron chi connectivity index (χ4n) is 1.92. The number of benzene rings is 1. The van der Waals surface area contributed by atoms with E-state index < -0.39 is 10.1 Å². The second-order valence-electron chi connectivity index (χ2n) is 4.78. The first-order chi connectivity index (χ1) is 10.8. The molecule has 0 fully saturated rings. The van der Waals surface area contributed by atoms with Gasteiger partial charge >= 0.3 is 0 Å². The normalized spacial score (nSPS) is 11.4. The van der Waals surface area contributed by atoms with Crippen LogP contribution >= 0.6 is 0 Å². The molecule has 3 aromatic rings. The predicted molar refractivity (Wildman–Crippen MR) is 88.9 cm³/mol. The van der Waals surface area contributed by atoms with E-state index in [0.29, 0.717) is 6.26 Å². The Morgan fingerprint density at radius 2 is 1.83 bits per heavy atom. The fraction of sp³-hybridized carbons (Fsp3) is 0.0625. The summed E-state index contributed by atoms with van der Waals surface area (Å²) < 4.78 is 38.9. The maximum Gasteiger partial charge on any atom is 0.261 e. The molecule has 0 atom stereocenters. The molecule has 0 amide bonds. The van der Waals surface area contributed by atoms with Gasteiger partial charge in [0.1, 0.15) is 5.82 Å². The highest BCUT2D eigenvalue weighted by molar-refractivity contribution is 7.85. The zero-order valence-corrected chi connectivity index (χ0v) is 13.1. The minimum atomic E-state index is -3.67. The summed E-state index contributed by atoms with van der Waals surface area (Å²) in [5.74, 6) is -0.228. The summed E-state index contributed by atoms with van der Waals surface area (Å²) in [6.07, 6.45) is 10.1. The zero-order valence-electron chi connectivity index (χ0n) is 12.3. The first kappa shape index (κ1) is 16.9. The molecule has 120 valence electrons. The topological polar surface area (TPSA) is 83.1 Å². The maximum atomic E-state index is 13.1. The van der Waals surface area contributed by atoms with Crippen LogP contribution in [-0.2, 0) is 10.1 Å². The summed E-state index contributed by atoms with van der Waals surface area (Å²) in [6, 6.07) is 8.63. The molecule has 1 aromatic carbocycles. The molecule has 2 aromatic heterocycles. The van der Waals surface area contributed by atoms with Crippen molar-refractivity contribution in [3.05, 3.63) is 65.9 Å². The van der Waals surface area contributed by atoms with E-state index in [4.69, 9.17) is 4.55 Å². The highest BCUT2D eigenvalue weighted by Crippen LogP contribution is 2.21. The summed E-state index contributed by atoms with van der Waals surface area (Å²) >= 11 is 0. The molecule has 0 aliphatic heterocycles. The Morgan fingerprint density at radius 3 is 2.48 bits per heavy atom. The van der Waals surface area contributed by atoms with Crippen LogP contribution in [0.25, 0.3) is 23.1 Å². The molecule has 0 saturated heterocycles. The monoisotopic (exact) mass is 334 g/mol. The van der Waals surface area contributed by atoms with Crippen LogP contribution in [0.1, 0.15) is 11.1 Å². The molecule has 5 nitrogen and oxygen atoms in total. The van der Waals surface area contributed by atoms with Crippen molar-refractivity contribution in [2.75, 3.05) is 6.26 Å². The van der Waals surface area contributed by atoms with Crippen molar-refractivity contribution in [3.63, 3.8) is 0 Å². The summed E-state index contributed by atoms with van der Waals surface area (Å²) in [5.41, 5.74) is 2.94. The van der Waals surface area contributed by atoms with Crippen LogP contribution in [0.4, 0.5) is 4.39 Å². The van der Waals surface area contributed by atoms with E-state index in [1.54, 1.807) is 18.5 Å². The molecule has 0 bridgehead atoms. The van der Waals surface area contributed by atoms with Gasteiger partial charge in [0.05, 0.1) is 6.26 Å². The van der Waals surface area contributed by atoms with Crippen molar-refractivity contribution in [2.45, 2.75) is 0 Å². The second-order valence-corrected chi connectivity index (χ2v) is 6.25. The molecular formula is C16H15FN2O3S. The van der Waals surface area contributed by atoms with Crippen LogP contribution in [0.15, 0.2) is 48.9 Å². The number of nitrogens with one attached hydrogen (secondary N) is 1. The van der Waals surface area contributed by atoms with Gasteiger partial charge in [-0.25, -0.2) is 4.39 Å². The van der Waals surface area contributed by atoms with Crippen LogP contribution in [-0.4, -0.2) is 29.2 Å². The molecule has 2 heterocycles. The van der Waals surface area contributed by atoms with E-state index in [1.165, 1.54) is 12.1 Å². The third-order valence-corrected chi connectivity index (χ3v) is 2.84. The first-order valence-electron chi connectivity index (χ1n) is 6.60. The van der Waals surface area contributed by atoms with Crippen LogP contribution in [0.2, 0.25) is 0 Å². The van der Waals surface area contributed by atoms with Gasteiger partial charge in [0.25, 0.3) is 10.1 Å². The zero-order chi connectivity index (χ0) is 16.9. The Balaban J connectivity index is 0.000000338. The van der Waals surface area contributed by atoms with Crippen LogP contribution < -0.4 is 0 Å². The summed E-state index contributed by atoms with van der Waals surface area (Å²) in [7, 11) is -3.67. The highest BCUT2D eigenvalue weighted by Gasteiger charge is 2.01. The SMILES string of the molecule is CS(=O)(=O)O.Fc1ccc2c(/C=C/c3ccncc3)c[nH]c2c1. The number of hydrogen-bond acceptors (Lipinski definition) is 3. The van der Waals surface area contributed by atoms with Crippen LogP contribution in [0.5, 0.6) is 0 Å². The number of fused-ring (bicyclic) bond motifs is 1. The average molecular weight is 334 g/mol. The Bertz CT molecular complexity index is 911. The van der Waals surface area contributed by atoms with Crippen molar-refractivity contribution in [1.82, 2.24) is 9.97 Å². The van der Waals surface area contributed by atoms with E-state index >= 15 is 0 Å². The number of hydrogen-bond donors (Lipinski definition) is 2. The summed E-state index contributed by atoms with van der Waals surface area (Å²) in [5, 5.41) is 1.02. The van der Waals surface area contributed by atoms with Gasteiger partial charge in [-0.05, 0) is 41.5 Å². The van der Waals surface area contributed by atoms with Gasteiger partial charge < -0.3 is 4.98 Å². The Kier molecular flexibility index (Phi) is 5.25. The van der Waals surface area contributed by atoms with E-state index in [2.05, 4.69) is 9.97 Å².